The number of anilines is 1. The number of alkyl halides is 3. The number of benzene rings is 1. The molecule has 0 amide bonds. The third kappa shape index (κ3) is 3.70. The monoisotopic (exact) mass is 516 g/mol. The van der Waals surface area contributed by atoms with Crippen molar-refractivity contribution in [2.24, 2.45) is 5.41 Å². The summed E-state index contributed by atoms with van der Waals surface area (Å²) in [7, 11) is 0. The van der Waals surface area contributed by atoms with E-state index in [-0.39, 0.29) is 24.4 Å². The molecule has 0 N–H and O–H groups in total. The Labute approximate surface area is 213 Å². The highest BCUT2D eigenvalue weighted by molar-refractivity contribution is 6.30. The fourth-order valence-corrected chi connectivity index (χ4v) is 6.10. The Hall–Kier alpha value is -2.65. The number of hydrogen-bond acceptors (Lipinski definition) is 5. The molecule has 6 nitrogen and oxygen atoms in total. The highest BCUT2D eigenvalue weighted by atomic mass is 35.5. The zero-order valence-corrected chi connectivity index (χ0v) is 21.2. The predicted octanol–water partition coefficient (Wildman–Crippen LogP) is 5.66. The van der Waals surface area contributed by atoms with E-state index in [1.165, 1.54) is 24.3 Å². The summed E-state index contributed by atoms with van der Waals surface area (Å²) in [6.07, 6.45) is -0.591. The summed E-state index contributed by atoms with van der Waals surface area (Å²) in [6, 6.07) is 9.52. The summed E-state index contributed by atoms with van der Waals surface area (Å²) in [5.74, 6) is 2.59. The molecule has 0 atom stereocenters. The van der Waals surface area contributed by atoms with Crippen molar-refractivity contribution in [3.05, 3.63) is 64.3 Å². The molecule has 10 heteroatoms. The van der Waals surface area contributed by atoms with Crippen LogP contribution in [0.3, 0.4) is 0 Å². The number of nitrogens with zero attached hydrogens (tertiary/aromatic N) is 6. The molecule has 0 unspecified atom stereocenters. The lowest BCUT2D eigenvalue weighted by Gasteiger charge is -2.59. The molecule has 36 heavy (non-hydrogen) atoms. The second-order valence-corrected chi connectivity index (χ2v) is 11.6. The van der Waals surface area contributed by atoms with Crippen molar-refractivity contribution in [1.29, 1.82) is 0 Å². The van der Waals surface area contributed by atoms with Gasteiger partial charge in [0.15, 0.2) is 5.82 Å². The second-order valence-electron chi connectivity index (χ2n) is 11.1. The Balaban J connectivity index is 1.27. The van der Waals surface area contributed by atoms with Crippen LogP contribution in [0.2, 0.25) is 5.02 Å². The molecule has 6 rings (SSSR count). The van der Waals surface area contributed by atoms with Crippen LogP contribution in [0.25, 0.3) is 5.69 Å². The molecular formula is C26H28ClF3N6. The summed E-state index contributed by atoms with van der Waals surface area (Å²) in [5.41, 5.74) is 0.956. The maximum absolute atomic E-state index is 14.0. The van der Waals surface area contributed by atoms with Gasteiger partial charge < -0.3 is 4.90 Å². The maximum Gasteiger partial charge on any atom is 0.406 e. The van der Waals surface area contributed by atoms with Crippen molar-refractivity contribution < 1.29 is 13.2 Å². The molecule has 2 aliphatic heterocycles. The van der Waals surface area contributed by atoms with E-state index >= 15 is 0 Å². The lowest BCUT2D eigenvalue weighted by atomic mass is 9.57. The van der Waals surface area contributed by atoms with E-state index < -0.39 is 11.7 Å². The summed E-state index contributed by atoms with van der Waals surface area (Å²) in [4.78, 5) is 8.23. The van der Waals surface area contributed by atoms with E-state index in [2.05, 4.69) is 33.1 Å². The number of fused-ring (bicyclic) bond motifs is 3. The minimum Gasteiger partial charge on any atom is -0.355 e. The standard InChI is InChI=1S/C26H28ClF3N6/c1-16-6-7-31-21(8-16)34-14-25(15-34)10-18(11-25)23-33-32-22-13-35(24(2,3)26(28,29)30)12-17-9-19(27)4-5-20(17)36(22)23/h4-9,18H,10-15H2,1-3H3. The Morgan fingerprint density at radius 2 is 1.78 bits per heavy atom. The lowest BCUT2D eigenvalue weighted by Crippen LogP contribution is -2.62. The Bertz CT molecular complexity index is 1320. The van der Waals surface area contributed by atoms with Crippen LogP contribution in [-0.4, -0.2) is 49.5 Å². The van der Waals surface area contributed by atoms with Crippen LogP contribution in [0.5, 0.6) is 0 Å². The van der Waals surface area contributed by atoms with Crippen LogP contribution in [-0.2, 0) is 13.1 Å². The van der Waals surface area contributed by atoms with Gasteiger partial charge in [0.1, 0.15) is 17.2 Å². The first-order valence-corrected chi connectivity index (χ1v) is 12.6. The van der Waals surface area contributed by atoms with Gasteiger partial charge in [0.2, 0.25) is 0 Å². The third-order valence-corrected chi connectivity index (χ3v) is 8.45. The Morgan fingerprint density at radius 3 is 2.47 bits per heavy atom. The third-order valence-electron chi connectivity index (χ3n) is 8.22. The van der Waals surface area contributed by atoms with Crippen LogP contribution in [0, 0.1) is 12.3 Å². The molecule has 3 aromatic rings. The molecule has 0 bridgehead atoms. The zero-order valence-electron chi connectivity index (χ0n) is 20.5. The Morgan fingerprint density at radius 1 is 1.03 bits per heavy atom. The van der Waals surface area contributed by atoms with Crippen LogP contribution >= 0.6 is 11.6 Å². The highest BCUT2D eigenvalue weighted by Gasteiger charge is 2.55. The van der Waals surface area contributed by atoms with Crippen molar-refractivity contribution in [2.45, 2.75) is 64.3 Å². The van der Waals surface area contributed by atoms with Crippen LogP contribution in [0.4, 0.5) is 19.0 Å². The zero-order chi connectivity index (χ0) is 25.5. The van der Waals surface area contributed by atoms with E-state index in [0.29, 0.717) is 10.8 Å². The van der Waals surface area contributed by atoms with E-state index in [0.717, 1.165) is 48.8 Å². The van der Waals surface area contributed by atoms with E-state index in [4.69, 9.17) is 11.6 Å². The first-order chi connectivity index (χ1) is 17.0. The van der Waals surface area contributed by atoms with Gasteiger partial charge >= 0.3 is 6.18 Å². The minimum atomic E-state index is -4.40. The molecule has 2 aromatic heterocycles. The first-order valence-electron chi connectivity index (χ1n) is 12.2. The number of aromatic nitrogens is 4. The average Bonchev–Trinajstić information content (AvgIpc) is 3.06. The predicted molar refractivity (Wildman–Crippen MR) is 131 cm³/mol. The molecule has 2 fully saturated rings. The van der Waals surface area contributed by atoms with Crippen molar-refractivity contribution >= 4 is 17.4 Å². The van der Waals surface area contributed by atoms with Crippen LogP contribution < -0.4 is 4.90 Å². The molecule has 1 saturated heterocycles. The topological polar surface area (TPSA) is 50.1 Å². The average molecular weight is 517 g/mol. The number of halogens is 4. The largest absolute Gasteiger partial charge is 0.406 e. The summed E-state index contributed by atoms with van der Waals surface area (Å²) >= 11 is 6.27. The quantitative estimate of drug-likeness (QED) is 0.449. The van der Waals surface area contributed by atoms with E-state index in [1.807, 2.05) is 22.9 Å². The van der Waals surface area contributed by atoms with Gasteiger partial charge in [-0.25, -0.2) is 4.98 Å². The highest BCUT2D eigenvalue weighted by Crippen LogP contribution is 2.56. The van der Waals surface area contributed by atoms with Crippen molar-refractivity contribution in [3.8, 4) is 5.69 Å². The van der Waals surface area contributed by atoms with Gasteiger partial charge in [-0.15, -0.1) is 10.2 Å². The molecule has 1 aliphatic carbocycles. The van der Waals surface area contributed by atoms with Gasteiger partial charge in [-0.2, -0.15) is 13.2 Å². The summed E-state index contributed by atoms with van der Waals surface area (Å²) < 4.78 is 43.9. The number of rotatable bonds is 3. The number of hydrogen-bond donors (Lipinski definition) is 0. The fourth-order valence-electron chi connectivity index (χ4n) is 5.91. The smallest absolute Gasteiger partial charge is 0.355 e. The van der Waals surface area contributed by atoms with Gasteiger partial charge in [0, 0.05) is 42.2 Å². The number of pyridine rings is 1. The van der Waals surface area contributed by atoms with Crippen LogP contribution in [0.1, 0.15) is 55.4 Å². The van der Waals surface area contributed by atoms with Gasteiger partial charge in [-0.1, -0.05) is 11.6 Å². The lowest BCUT2D eigenvalue weighted by molar-refractivity contribution is -0.224. The molecule has 1 saturated carbocycles. The van der Waals surface area contributed by atoms with Gasteiger partial charge in [0.05, 0.1) is 12.2 Å². The van der Waals surface area contributed by atoms with Gasteiger partial charge in [0.25, 0.3) is 0 Å². The van der Waals surface area contributed by atoms with Crippen molar-refractivity contribution in [2.75, 3.05) is 18.0 Å². The molecule has 1 aromatic carbocycles. The molecule has 1 spiro atoms. The minimum absolute atomic E-state index is 0.0521. The van der Waals surface area contributed by atoms with Crippen molar-refractivity contribution in [1.82, 2.24) is 24.6 Å². The van der Waals surface area contributed by atoms with Crippen molar-refractivity contribution in [3.63, 3.8) is 0 Å². The van der Waals surface area contributed by atoms with E-state index in [1.54, 1.807) is 12.1 Å². The SMILES string of the molecule is Cc1ccnc(N2CC3(CC(c4nnc5n4-c4ccc(Cl)cc4CN(C(C)(C)C(F)(F)F)C5)C3)C2)c1. The number of aryl methyl sites for hydroxylation is 1. The fraction of sp³-hybridized carbons (Fsp3) is 0.500. The normalized spacial score (nSPS) is 19.9. The Kier molecular flexibility index (Phi) is 5.22. The summed E-state index contributed by atoms with van der Waals surface area (Å²) in [5, 5.41) is 9.42. The molecule has 0 radical (unpaired) electrons. The van der Waals surface area contributed by atoms with Gasteiger partial charge in [-0.3, -0.25) is 9.47 Å². The van der Waals surface area contributed by atoms with Gasteiger partial charge in [-0.05, 0) is 75.1 Å². The second kappa shape index (κ2) is 7.92. The first kappa shape index (κ1) is 23.7. The molecule has 4 heterocycles. The van der Waals surface area contributed by atoms with Crippen LogP contribution in [0.15, 0.2) is 36.5 Å². The van der Waals surface area contributed by atoms with E-state index in [9.17, 15) is 13.2 Å². The molecule has 3 aliphatic rings. The maximum atomic E-state index is 14.0. The summed E-state index contributed by atoms with van der Waals surface area (Å²) in [6.45, 7) is 6.59. The molecular weight excluding hydrogens is 489 g/mol. The molecule has 190 valence electrons.